The largest absolute Gasteiger partial charge is 0.483 e. The molecule has 33 heavy (non-hydrogen) atoms. The molecule has 2 unspecified atom stereocenters. The molecule has 172 valence electrons. The first-order chi connectivity index (χ1) is 15.8. The minimum atomic E-state index is -1.96. The Balaban J connectivity index is 1.83. The van der Waals surface area contributed by atoms with Gasteiger partial charge in [-0.05, 0) is 17.7 Å². The Morgan fingerprint density at radius 1 is 1.15 bits per heavy atom. The fourth-order valence-corrected chi connectivity index (χ4v) is 3.02. The van der Waals surface area contributed by atoms with E-state index >= 15 is 0 Å². The second-order valence-electron chi connectivity index (χ2n) is 6.92. The summed E-state index contributed by atoms with van der Waals surface area (Å²) in [6, 6.07) is 11.7. The van der Waals surface area contributed by atoms with Gasteiger partial charge < -0.3 is 20.3 Å². The molecule has 0 aliphatic carbocycles. The van der Waals surface area contributed by atoms with Gasteiger partial charge in [-0.15, -0.1) is 0 Å². The van der Waals surface area contributed by atoms with Crippen LogP contribution in [0, 0.1) is 11.6 Å². The minimum Gasteiger partial charge on any atom is -0.483 e. The zero-order valence-corrected chi connectivity index (χ0v) is 17.3. The zero-order chi connectivity index (χ0) is 24.0. The van der Waals surface area contributed by atoms with Crippen molar-refractivity contribution >= 4 is 23.6 Å². The van der Waals surface area contributed by atoms with E-state index in [1.807, 2.05) is 30.3 Å². The number of carbonyl (C=O) groups excluding carboxylic acids is 1. The number of aliphatic imine (C=N–C) groups is 1. The molecule has 0 saturated heterocycles. The Morgan fingerprint density at radius 2 is 1.82 bits per heavy atom. The molecule has 11 heteroatoms. The fraction of sp³-hybridized carbons (Fsp3) is 0.182. The number of nitrogens with one attached hydrogen (secondary N) is 2. The average Bonchev–Trinajstić information content (AvgIpc) is 3.24. The molecule has 2 atom stereocenters. The van der Waals surface area contributed by atoms with Crippen LogP contribution in [0.3, 0.4) is 0 Å². The van der Waals surface area contributed by atoms with E-state index in [2.05, 4.69) is 20.5 Å². The number of carbonyl (C=O) groups is 2. The molecule has 1 heterocycles. The van der Waals surface area contributed by atoms with Gasteiger partial charge in [0.15, 0.2) is 11.9 Å². The van der Waals surface area contributed by atoms with Gasteiger partial charge in [0.25, 0.3) is 5.91 Å². The third kappa shape index (κ3) is 6.20. The van der Waals surface area contributed by atoms with E-state index in [0.29, 0.717) is 11.8 Å². The highest BCUT2D eigenvalue weighted by Gasteiger charge is 2.27. The number of aromatic amines is 1. The molecule has 0 bridgehead atoms. The number of halogens is 2. The molecule has 9 nitrogen and oxygen atoms in total. The highest BCUT2D eigenvalue weighted by molar-refractivity contribution is 5.93. The van der Waals surface area contributed by atoms with Gasteiger partial charge in [-0.1, -0.05) is 30.3 Å². The standard InChI is InChI=1S/C22H20F2N4O5/c1-33-22(26-18-10-16(27-28-18)12-5-3-2-4-6-12)17(11-19(29)30)25-21(32)20(31)13-7-14(23)9-15(24)8-13/h2-10,17,20,31H,11H2,1H3,(H,25,32)(H,27,28)(H,29,30). The SMILES string of the molecule is COC(=Nc1cc(-c2ccccc2)n[nH]1)C(CC(=O)O)NC(=O)C(O)c1cc(F)cc(F)c1. The monoisotopic (exact) mass is 458 g/mol. The number of aliphatic hydroxyl groups is 1. The number of hydrogen-bond donors (Lipinski definition) is 4. The fourth-order valence-electron chi connectivity index (χ4n) is 3.02. The van der Waals surface area contributed by atoms with Crippen LogP contribution in [0.4, 0.5) is 14.6 Å². The molecule has 4 N–H and O–H groups in total. The Kier molecular flexibility index (Phi) is 7.46. The lowest BCUT2D eigenvalue weighted by Crippen LogP contribution is -2.45. The number of methoxy groups -OCH3 is 1. The van der Waals surface area contributed by atoms with Crippen molar-refractivity contribution in [2.24, 2.45) is 4.99 Å². The molecule has 0 fully saturated rings. The normalized spacial score (nSPS) is 13.3. The summed E-state index contributed by atoms with van der Waals surface area (Å²) in [5.74, 6) is -4.30. The van der Waals surface area contributed by atoms with Crippen molar-refractivity contribution in [2.45, 2.75) is 18.6 Å². The number of amides is 1. The number of ether oxygens (including phenoxy) is 1. The Labute approximate surface area is 186 Å². The lowest BCUT2D eigenvalue weighted by Gasteiger charge is -2.20. The second-order valence-corrected chi connectivity index (χ2v) is 6.92. The van der Waals surface area contributed by atoms with Crippen LogP contribution in [0.2, 0.25) is 0 Å². The summed E-state index contributed by atoms with van der Waals surface area (Å²) in [4.78, 5) is 28.0. The quantitative estimate of drug-likeness (QED) is 0.303. The smallest absolute Gasteiger partial charge is 0.305 e. The summed E-state index contributed by atoms with van der Waals surface area (Å²) in [6.45, 7) is 0. The molecule has 0 spiro atoms. The molecule has 2 aromatic carbocycles. The van der Waals surface area contributed by atoms with Gasteiger partial charge in [-0.25, -0.2) is 8.78 Å². The summed E-state index contributed by atoms with van der Waals surface area (Å²) in [6.07, 6.45) is -2.59. The molecule has 1 aromatic heterocycles. The maximum absolute atomic E-state index is 13.4. The van der Waals surface area contributed by atoms with Crippen molar-refractivity contribution in [2.75, 3.05) is 7.11 Å². The second kappa shape index (κ2) is 10.5. The van der Waals surface area contributed by atoms with Crippen LogP contribution in [0.25, 0.3) is 11.3 Å². The molecule has 1 amide bonds. The summed E-state index contributed by atoms with van der Waals surface area (Å²) >= 11 is 0. The highest BCUT2D eigenvalue weighted by atomic mass is 19.1. The van der Waals surface area contributed by atoms with E-state index in [1.54, 1.807) is 6.07 Å². The predicted octanol–water partition coefficient (Wildman–Crippen LogP) is 2.72. The third-order valence-corrected chi connectivity index (χ3v) is 4.52. The van der Waals surface area contributed by atoms with Gasteiger partial charge in [0.1, 0.15) is 17.7 Å². The summed E-state index contributed by atoms with van der Waals surface area (Å²) in [5, 5.41) is 28.6. The van der Waals surface area contributed by atoms with Crippen LogP contribution in [0.5, 0.6) is 0 Å². The summed E-state index contributed by atoms with van der Waals surface area (Å²) < 4.78 is 32.0. The number of aromatic nitrogens is 2. The van der Waals surface area contributed by atoms with Gasteiger partial charge >= 0.3 is 5.97 Å². The summed E-state index contributed by atoms with van der Waals surface area (Å²) in [5.41, 5.74) is 1.05. The molecular weight excluding hydrogens is 438 g/mol. The number of nitrogens with zero attached hydrogens (tertiary/aromatic N) is 2. The topological polar surface area (TPSA) is 137 Å². The van der Waals surface area contributed by atoms with Crippen molar-refractivity contribution in [3.05, 3.63) is 71.8 Å². The Morgan fingerprint density at radius 3 is 2.42 bits per heavy atom. The maximum Gasteiger partial charge on any atom is 0.305 e. The number of benzene rings is 2. The Bertz CT molecular complexity index is 1150. The average molecular weight is 458 g/mol. The molecule has 0 radical (unpaired) electrons. The van der Waals surface area contributed by atoms with E-state index in [1.165, 1.54) is 7.11 Å². The predicted molar refractivity (Wildman–Crippen MR) is 114 cm³/mol. The van der Waals surface area contributed by atoms with Crippen molar-refractivity contribution in [1.29, 1.82) is 0 Å². The first-order valence-electron chi connectivity index (χ1n) is 9.66. The van der Waals surface area contributed by atoms with Gasteiger partial charge in [0.05, 0.1) is 19.2 Å². The van der Waals surface area contributed by atoms with Crippen LogP contribution in [-0.4, -0.2) is 51.3 Å². The lowest BCUT2D eigenvalue weighted by atomic mass is 10.1. The summed E-state index contributed by atoms with van der Waals surface area (Å²) in [7, 11) is 1.23. The molecule has 3 rings (SSSR count). The number of H-pyrrole nitrogens is 1. The van der Waals surface area contributed by atoms with E-state index in [9.17, 15) is 28.6 Å². The first-order valence-corrected chi connectivity index (χ1v) is 9.66. The molecular formula is C22H20F2N4O5. The number of hydrogen-bond acceptors (Lipinski definition) is 6. The van der Waals surface area contributed by atoms with Crippen molar-refractivity contribution < 1.29 is 33.3 Å². The number of aliphatic carboxylic acids is 1. The van der Waals surface area contributed by atoms with Crippen LogP contribution in [-0.2, 0) is 14.3 Å². The number of aliphatic hydroxyl groups excluding tert-OH is 1. The van der Waals surface area contributed by atoms with E-state index in [-0.39, 0.29) is 17.3 Å². The maximum atomic E-state index is 13.4. The Hall–Kier alpha value is -4.12. The lowest BCUT2D eigenvalue weighted by molar-refractivity contribution is -0.137. The number of carboxylic acids is 1. The minimum absolute atomic E-state index is 0.188. The van der Waals surface area contributed by atoms with Gasteiger partial charge in [0.2, 0.25) is 5.90 Å². The van der Waals surface area contributed by atoms with Crippen molar-refractivity contribution in [3.63, 3.8) is 0 Å². The van der Waals surface area contributed by atoms with Crippen molar-refractivity contribution in [3.8, 4) is 11.3 Å². The zero-order valence-electron chi connectivity index (χ0n) is 17.3. The molecule has 0 aliphatic rings. The van der Waals surface area contributed by atoms with Crippen LogP contribution in [0.15, 0.2) is 59.6 Å². The number of rotatable bonds is 8. The first kappa shape index (κ1) is 23.5. The molecule has 0 aliphatic heterocycles. The van der Waals surface area contributed by atoms with Gasteiger partial charge in [-0.2, -0.15) is 10.1 Å². The van der Waals surface area contributed by atoms with Gasteiger partial charge in [0, 0.05) is 17.7 Å². The van der Waals surface area contributed by atoms with Crippen LogP contribution in [0.1, 0.15) is 18.1 Å². The van der Waals surface area contributed by atoms with E-state index in [0.717, 1.165) is 17.7 Å². The molecule has 0 saturated carbocycles. The molecule has 3 aromatic rings. The van der Waals surface area contributed by atoms with E-state index < -0.39 is 42.1 Å². The van der Waals surface area contributed by atoms with Crippen LogP contribution >= 0.6 is 0 Å². The van der Waals surface area contributed by atoms with Crippen molar-refractivity contribution in [1.82, 2.24) is 15.5 Å². The van der Waals surface area contributed by atoms with E-state index in [4.69, 9.17) is 4.74 Å². The third-order valence-electron chi connectivity index (χ3n) is 4.52. The highest BCUT2D eigenvalue weighted by Crippen LogP contribution is 2.22. The van der Waals surface area contributed by atoms with Crippen LogP contribution < -0.4 is 5.32 Å². The number of carboxylic acid groups (broad SMARTS) is 1. The van der Waals surface area contributed by atoms with Gasteiger partial charge in [-0.3, -0.25) is 14.7 Å².